The highest BCUT2D eigenvalue weighted by atomic mass is 16.7. The molecule has 6 nitrogen and oxygen atoms in total. The molecule has 0 bridgehead atoms. The second-order valence-corrected chi connectivity index (χ2v) is 15.9. The average molecular weight is 781 g/mol. The zero-order chi connectivity index (χ0) is 42.2. The van der Waals surface area contributed by atoms with Crippen molar-refractivity contribution in [2.24, 2.45) is 0 Å². The number of phenolic OH excluding ortho intramolecular Hbond substituents is 1. The Labute approximate surface area is 345 Å². The van der Waals surface area contributed by atoms with Gasteiger partial charge >= 0.3 is 11.9 Å². The van der Waals surface area contributed by atoms with Crippen LogP contribution < -0.4 is 4.74 Å². The summed E-state index contributed by atoms with van der Waals surface area (Å²) in [7, 11) is 1.40. The number of hydrogen-bond acceptors (Lipinski definition) is 6. The van der Waals surface area contributed by atoms with Crippen molar-refractivity contribution in [2.75, 3.05) is 13.9 Å². The third kappa shape index (κ3) is 20.0. The van der Waals surface area contributed by atoms with E-state index < -0.39 is 18.4 Å². The normalized spacial score (nSPS) is 13.3. The first kappa shape index (κ1) is 48.7. The lowest BCUT2D eigenvalue weighted by molar-refractivity contribution is -0.158. The maximum absolute atomic E-state index is 12.6. The summed E-state index contributed by atoms with van der Waals surface area (Å²) in [6.45, 7) is 19.3. The van der Waals surface area contributed by atoms with Crippen molar-refractivity contribution in [3.05, 3.63) is 117 Å². The number of benzene rings is 2. The van der Waals surface area contributed by atoms with Crippen molar-refractivity contribution >= 4 is 22.7 Å². The van der Waals surface area contributed by atoms with Gasteiger partial charge in [0.1, 0.15) is 17.9 Å². The molecule has 0 aliphatic heterocycles. The zero-order valence-corrected chi connectivity index (χ0v) is 36.9. The SMILES string of the molecule is COCOC(=O)CC(=O)Oc1c(C)c(C/C=C(\C)CC/C=C(\C)CC/C=C(\C)CC/C=C(\C)CC/C=C(\C)CC/C=C(\C)CCC=C(C)C)c(O)c2ccccc12. The van der Waals surface area contributed by atoms with Gasteiger partial charge in [-0.3, -0.25) is 9.59 Å². The molecule has 2 rings (SSSR count). The standard InChI is InChI=1S/C51H72O6/c1-37(2)19-13-20-38(3)21-14-22-39(4)23-15-24-40(5)25-16-26-41(6)27-17-28-42(7)29-18-30-43(8)33-34-45-44(9)51(47-32-12-11-31-46(47)50(45)54)57-49(53)35-48(52)56-36-55-10/h11-12,19,21,23,25,27,29,31-33,54H,13-18,20,22,24,26,28,30,34-36H2,1-10H3/b38-21+,39-23+,40-25+,41-27+,42-29+,43-33+. The van der Waals surface area contributed by atoms with Crippen LogP contribution in [0.4, 0.5) is 0 Å². The number of fused-ring (bicyclic) bond motifs is 1. The number of ether oxygens (including phenoxy) is 3. The Hall–Kier alpha value is -4.42. The van der Waals surface area contributed by atoms with Crippen LogP contribution in [0.2, 0.25) is 0 Å². The number of hydrogen-bond donors (Lipinski definition) is 1. The van der Waals surface area contributed by atoms with Gasteiger partial charge in [0, 0.05) is 23.4 Å². The van der Waals surface area contributed by atoms with Crippen LogP contribution >= 0.6 is 0 Å². The Bertz CT molecular complexity index is 1820. The number of allylic oxidation sites excluding steroid dienone is 14. The first-order valence-electron chi connectivity index (χ1n) is 20.9. The van der Waals surface area contributed by atoms with Gasteiger partial charge < -0.3 is 19.3 Å². The van der Waals surface area contributed by atoms with E-state index in [0.717, 1.165) is 70.6 Å². The molecule has 0 amide bonds. The molecule has 0 unspecified atom stereocenters. The predicted molar refractivity (Wildman–Crippen MR) is 240 cm³/mol. The van der Waals surface area contributed by atoms with Crippen LogP contribution in [0.5, 0.6) is 11.5 Å². The van der Waals surface area contributed by atoms with Crippen LogP contribution in [0.1, 0.15) is 150 Å². The number of methoxy groups -OCH3 is 1. The molecule has 0 aliphatic carbocycles. The van der Waals surface area contributed by atoms with E-state index in [1.54, 1.807) is 12.1 Å². The molecule has 0 radical (unpaired) electrons. The van der Waals surface area contributed by atoms with Crippen molar-refractivity contribution < 1.29 is 28.9 Å². The Balaban J connectivity index is 1.80. The van der Waals surface area contributed by atoms with E-state index in [4.69, 9.17) is 14.2 Å². The predicted octanol–water partition coefficient (Wildman–Crippen LogP) is 14.2. The largest absolute Gasteiger partial charge is 0.507 e. The molecule has 0 saturated carbocycles. The minimum Gasteiger partial charge on any atom is -0.507 e. The molecule has 0 fully saturated rings. The fourth-order valence-corrected chi connectivity index (χ4v) is 6.60. The van der Waals surface area contributed by atoms with Crippen LogP contribution in [0.3, 0.4) is 0 Å². The van der Waals surface area contributed by atoms with Gasteiger partial charge in [-0.25, -0.2) is 0 Å². The summed E-state index contributed by atoms with van der Waals surface area (Å²) >= 11 is 0. The highest BCUT2D eigenvalue weighted by Crippen LogP contribution is 2.40. The fraction of sp³-hybridized carbons (Fsp3) is 0.490. The Morgan fingerprint density at radius 3 is 1.40 bits per heavy atom. The molecule has 2 aromatic rings. The van der Waals surface area contributed by atoms with E-state index in [0.29, 0.717) is 34.1 Å². The Morgan fingerprint density at radius 2 is 0.982 bits per heavy atom. The maximum atomic E-state index is 12.6. The number of aromatic hydroxyl groups is 1. The number of phenols is 1. The summed E-state index contributed by atoms with van der Waals surface area (Å²) in [4.78, 5) is 24.6. The van der Waals surface area contributed by atoms with Gasteiger partial charge in [-0.15, -0.1) is 0 Å². The number of carbonyl (C=O) groups excluding carboxylic acids is 2. The molecular formula is C51H72O6. The summed E-state index contributed by atoms with van der Waals surface area (Å²) < 4.78 is 15.3. The lowest BCUT2D eigenvalue weighted by Gasteiger charge is -2.17. The molecule has 57 heavy (non-hydrogen) atoms. The number of esters is 2. The Kier molecular flexibility index (Phi) is 23.3. The van der Waals surface area contributed by atoms with E-state index in [2.05, 4.69) is 97.9 Å². The van der Waals surface area contributed by atoms with Crippen molar-refractivity contribution in [3.8, 4) is 11.5 Å². The van der Waals surface area contributed by atoms with Gasteiger partial charge in [-0.2, -0.15) is 0 Å². The minimum absolute atomic E-state index is 0.172. The molecule has 1 N–H and O–H groups in total. The second kappa shape index (κ2) is 27.3. The van der Waals surface area contributed by atoms with Crippen molar-refractivity contribution in [1.82, 2.24) is 0 Å². The molecule has 0 aliphatic rings. The minimum atomic E-state index is -0.733. The molecule has 6 heteroatoms. The Morgan fingerprint density at radius 1 is 0.579 bits per heavy atom. The van der Waals surface area contributed by atoms with Gasteiger partial charge in [-0.1, -0.05) is 106 Å². The van der Waals surface area contributed by atoms with Gasteiger partial charge in [0.05, 0.1) is 0 Å². The van der Waals surface area contributed by atoms with Crippen molar-refractivity contribution in [1.29, 1.82) is 0 Å². The molecule has 0 atom stereocenters. The topological polar surface area (TPSA) is 82.1 Å². The van der Waals surface area contributed by atoms with Crippen LogP contribution in [0.25, 0.3) is 10.8 Å². The van der Waals surface area contributed by atoms with Crippen LogP contribution in [0, 0.1) is 6.92 Å². The summed E-state index contributed by atoms with van der Waals surface area (Å²) in [5.74, 6) is -0.950. The third-order valence-electron chi connectivity index (χ3n) is 10.3. The zero-order valence-electron chi connectivity index (χ0n) is 36.9. The first-order valence-corrected chi connectivity index (χ1v) is 20.9. The lowest BCUT2D eigenvalue weighted by Crippen LogP contribution is -2.17. The summed E-state index contributed by atoms with van der Waals surface area (Å²) in [5, 5.41) is 12.4. The van der Waals surface area contributed by atoms with Crippen molar-refractivity contribution in [2.45, 2.75) is 152 Å². The molecule has 2 aromatic carbocycles. The van der Waals surface area contributed by atoms with Crippen molar-refractivity contribution in [3.63, 3.8) is 0 Å². The lowest BCUT2D eigenvalue weighted by atomic mass is 9.95. The van der Waals surface area contributed by atoms with E-state index in [1.807, 2.05) is 19.1 Å². The summed E-state index contributed by atoms with van der Waals surface area (Å²) in [6, 6.07) is 7.24. The van der Waals surface area contributed by atoms with Crippen LogP contribution in [0.15, 0.2) is 106 Å². The van der Waals surface area contributed by atoms with Crippen LogP contribution in [-0.2, 0) is 25.5 Å². The molecule has 0 heterocycles. The quantitative estimate of drug-likeness (QED) is 0.0355. The summed E-state index contributed by atoms with van der Waals surface area (Å²) in [6.07, 6.45) is 29.5. The van der Waals surface area contributed by atoms with E-state index in [1.165, 1.54) is 52.5 Å². The van der Waals surface area contributed by atoms with Gasteiger partial charge in [0.2, 0.25) is 0 Å². The second-order valence-electron chi connectivity index (χ2n) is 15.9. The fourth-order valence-electron chi connectivity index (χ4n) is 6.60. The molecular weight excluding hydrogens is 709 g/mol. The monoisotopic (exact) mass is 781 g/mol. The molecule has 0 aromatic heterocycles. The number of carbonyl (C=O) groups is 2. The van der Waals surface area contributed by atoms with Gasteiger partial charge in [0.15, 0.2) is 6.79 Å². The van der Waals surface area contributed by atoms with Gasteiger partial charge in [0.25, 0.3) is 0 Å². The maximum Gasteiger partial charge on any atom is 0.322 e. The average Bonchev–Trinajstić information content (AvgIpc) is 3.15. The molecule has 0 saturated heterocycles. The third-order valence-corrected chi connectivity index (χ3v) is 10.3. The highest BCUT2D eigenvalue weighted by Gasteiger charge is 2.21. The number of rotatable bonds is 25. The van der Waals surface area contributed by atoms with E-state index in [-0.39, 0.29) is 12.5 Å². The first-order chi connectivity index (χ1) is 27.2. The van der Waals surface area contributed by atoms with Crippen LogP contribution in [-0.4, -0.2) is 30.9 Å². The molecule has 0 spiro atoms. The van der Waals surface area contributed by atoms with E-state index in [9.17, 15) is 14.7 Å². The smallest absolute Gasteiger partial charge is 0.322 e. The highest BCUT2D eigenvalue weighted by molar-refractivity contribution is 5.99. The van der Waals surface area contributed by atoms with E-state index >= 15 is 0 Å². The molecule has 312 valence electrons. The van der Waals surface area contributed by atoms with Gasteiger partial charge in [-0.05, 0) is 151 Å². The summed E-state index contributed by atoms with van der Waals surface area (Å²) in [5.41, 5.74) is 11.3.